The third-order valence-electron chi connectivity index (χ3n) is 2.76. The number of nitrogens with zero attached hydrogens (tertiary/aromatic N) is 2. The second-order valence-electron chi connectivity index (χ2n) is 4.13. The predicted octanol–water partition coefficient (Wildman–Crippen LogP) is 2.98. The first kappa shape index (κ1) is 11.8. The molecule has 0 spiro atoms. The predicted molar refractivity (Wildman–Crippen MR) is 73.6 cm³/mol. The summed E-state index contributed by atoms with van der Waals surface area (Å²) in [5, 5.41) is 9.93. The van der Waals surface area contributed by atoms with Crippen molar-refractivity contribution in [2.75, 3.05) is 0 Å². The Morgan fingerprint density at radius 1 is 1.32 bits per heavy atom. The van der Waals surface area contributed by atoms with Crippen LogP contribution in [0.5, 0.6) is 0 Å². The van der Waals surface area contributed by atoms with Gasteiger partial charge in [-0.3, -0.25) is 4.98 Å². The van der Waals surface area contributed by atoms with Gasteiger partial charge in [0.1, 0.15) is 0 Å². The lowest BCUT2D eigenvalue weighted by molar-refractivity contribution is 0.0697. The van der Waals surface area contributed by atoms with Crippen molar-refractivity contribution in [1.82, 2.24) is 9.97 Å². The molecule has 0 aliphatic heterocycles. The minimum Gasteiger partial charge on any atom is -0.478 e. The van der Waals surface area contributed by atoms with E-state index in [9.17, 15) is 4.79 Å². The number of hydrogen-bond acceptors (Lipinski definition) is 4. The van der Waals surface area contributed by atoms with Crippen LogP contribution in [0.25, 0.3) is 10.2 Å². The molecule has 3 rings (SSSR count). The molecule has 0 saturated carbocycles. The summed E-state index contributed by atoms with van der Waals surface area (Å²) < 4.78 is 0.902. The van der Waals surface area contributed by atoms with Gasteiger partial charge in [-0.15, -0.1) is 11.3 Å². The van der Waals surface area contributed by atoms with Crippen LogP contribution < -0.4 is 0 Å². The molecule has 5 heteroatoms. The van der Waals surface area contributed by atoms with Crippen molar-refractivity contribution < 1.29 is 9.90 Å². The zero-order chi connectivity index (χ0) is 13.2. The fourth-order valence-corrected chi connectivity index (χ4v) is 2.90. The van der Waals surface area contributed by atoms with Gasteiger partial charge in [-0.2, -0.15) is 0 Å². The summed E-state index contributed by atoms with van der Waals surface area (Å²) in [6.45, 7) is 0. The lowest BCUT2D eigenvalue weighted by atomic mass is 10.2. The molecule has 0 bridgehead atoms. The van der Waals surface area contributed by atoms with Gasteiger partial charge in [0.2, 0.25) is 0 Å². The molecule has 1 N–H and O–H groups in total. The maximum absolute atomic E-state index is 10.9. The molecular formula is C14H10N2O2S. The van der Waals surface area contributed by atoms with Crippen molar-refractivity contribution in [3.63, 3.8) is 0 Å². The number of thiazole rings is 1. The first-order valence-electron chi connectivity index (χ1n) is 5.74. The molecule has 4 nitrogen and oxygen atoms in total. The first-order chi connectivity index (χ1) is 9.22. The Bertz CT molecular complexity index is 738. The molecule has 0 fully saturated rings. The van der Waals surface area contributed by atoms with E-state index in [2.05, 4.69) is 9.97 Å². The minimum atomic E-state index is -0.913. The second kappa shape index (κ2) is 4.78. The fourth-order valence-electron chi connectivity index (χ4n) is 1.86. The van der Waals surface area contributed by atoms with E-state index < -0.39 is 5.97 Å². The number of rotatable bonds is 3. The minimum absolute atomic E-state index is 0.295. The lowest BCUT2D eigenvalue weighted by Crippen LogP contribution is -1.94. The maximum atomic E-state index is 10.9. The average molecular weight is 270 g/mol. The van der Waals surface area contributed by atoms with Gasteiger partial charge in [-0.25, -0.2) is 9.78 Å². The molecule has 3 aromatic rings. The Hall–Kier alpha value is -2.27. The third-order valence-corrected chi connectivity index (χ3v) is 3.78. The topological polar surface area (TPSA) is 63.1 Å². The number of carbonyl (C=O) groups is 1. The van der Waals surface area contributed by atoms with Gasteiger partial charge in [-0.1, -0.05) is 6.07 Å². The Morgan fingerprint density at radius 3 is 2.95 bits per heavy atom. The Morgan fingerprint density at radius 2 is 2.21 bits per heavy atom. The normalized spacial score (nSPS) is 10.7. The number of carboxylic acid groups (broad SMARTS) is 1. The van der Waals surface area contributed by atoms with Gasteiger partial charge in [0.15, 0.2) is 0 Å². The summed E-state index contributed by atoms with van der Waals surface area (Å²) in [5.74, 6) is -0.913. The van der Waals surface area contributed by atoms with Crippen LogP contribution in [0.15, 0.2) is 42.7 Å². The van der Waals surface area contributed by atoms with E-state index in [4.69, 9.17) is 5.11 Å². The Labute approximate surface area is 113 Å². The highest BCUT2D eigenvalue weighted by atomic mass is 32.1. The third kappa shape index (κ3) is 2.46. The largest absolute Gasteiger partial charge is 0.478 e. The standard InChI is InChI=1S/C14H10N2O2S/c17-14(18)10-3-4-11-12(7-10)19-13(16-11)6-9-2-1-5-15-8-9/h1-5,7-8H,6H2,(H,17,18). The zero-order valence-corrected chi connectivity index (χ0v) is 10.7. The molecule has 0 saturated heterocycles. The van der Waals surface area contributed by atoms with Gasteiger partial charge < -0.3 is 5.11 Å². The van der Waals surface area contributed by atoms with Gasteiger partial charge in [0.25, 0.3) is 0 Å². The van der Waals surface area contributed by atoms with E-state index in [0.29, 0.717) is 5.56 Å². The summed E-state index contributed by atoms with van der Waals surface area (Å²) in [7, 11) is 0. The number of aromatic nitrogens is 2. The van der Waals surface area contributed by atoms with Crippen molar-refractivity contribution in [1.29, 1.82) is 0 Å². The summed E-state index contributed by atoms with van der Waals surface area (Å²) in [5.41, 5.74) is 2.23. The van der Waals surface area contributed by atoms with Crippen molar-refractivity contribution in [3.8, 4) is 0 Å². The smallest absolute Gasteiger partial charge is 0.335 e. The van der Waals surface area contributed by atoms with Crippen LogP contribution in [-0.2, 0) is 6.42 Å². The van der Waals surface area contributed by atoms with Gasteiger partial charge in [0.05, 0.1) is 20.8 Å². The molecule has 0 atom stereocenters. The van der Waals surface area contributed by atoms with E-state index >= 15 is 0 Å². The summed E-state index contributed by atoms with van der Waals surface area (Å²) >= 11 is 1.52. The van der Waals surface area contributed by atoms with E-state index in [1.165, 1.54) is 11.3 Å². The molecule has 0 aliphatic carbocycles. The maximum Gasteiger partial charge on any atom is 0.335 e. The van der Waals surface area contributed by atoms with Gasteiger partial charge >= 0.3 is 5.97 Å². The number of aromatic carboxylic acids is 1. The molecule has 1 aromatic carbocycles. The monoisotopic (exact) mass is 270 g/mol. The highest BCUT2D eigenvalue weighted by Crippen LogP contribution is 2.25. The Balaban J connectivity index is 1.95. The van der Waals surface area contributed by atoms with Crippen LogP contribution >= 0.6 is 11.3 Å². The quantitative estimate of drug-likeness (QED) is 0.794. The van der Waals surface area contributed by atoms with Gasteiger partial charge in [0, 0.05) is 18.8 Å². The lowest BCUT2D eigenvalue weighted by Gasteiger charge is -1.94. The molecule has 0 unspecified atom stereocenters. The Kier molecular flexibility index (Phi) is 2.97. The number of carboxylic acids is 1. The number of fused-ring (bicyclic) bond motifs is 1. The summed E-state index contributed by atoms with van der Waals surface area (Å²) in [6.07, 6.45) is 4.27. The van der Waals surface area contributed by atoms with Gasteiger partial charge in [-0.05, 0) is 29.8 Å². The van der Waals surface area contributed by atoms with Crippen LogP contribution in [0.4, 0.5) is 0 Å². The van der Waals surface area contributed by atoms with Crippen molar-refractivity contribution in [3.05, 3.63) is 58.9 Å². The highest BCUT2D eigenvalue weighted by Gasteiger charge is 2.08. The molecule has 19 heavy (non-hydrogen) atoms. The molecule has 2 heterocycles. The summed E-state index contributed by atoms with van der Waals surface area (Å²) in [6, 6.07) is 8.90. The molecule has 0 radical (unpaired) electrons. The van der Waals surface area contributed by atoms with Crippen molar-refractivity contribution in [2.24, 2.45) is 0 Å². The zero-order valence-electron chi connectivity index (χ0n) is 9.91. The van der Waals surface area contributed by atoms with Crippen molar-refractivity contribution >= 4 is 27.5 Å². The first-order valence-corrected chi connectivity index (χ1v) is 6.56. The van der Waals surface area contributed by atoms with E-state index in [1.807, 2.05) is 18.3 Å². The molecule has 94 valence electrons. The van der Waals surface area contributed by atoms with Crippen LogP contribution in [0.2, 0.25) is 0 Å². The van der Waals surface area contributed by atoms with E-state index in [-0.39, 0.29) is 0 Å². The van der Waals surface area contributed by atoms with Crippen LogP contribution in [0, 0.1) is 0 Å². The number of benzene rings is 1. The SMILES string of the molecule is O=C(O)c1ccc2nc(Cc3cccnc3)sc2c1. The van der Waals surface area contributed by atoms with Crippen molar-refractivity contribution in [2.45, 2.75) is 6.42 Å². The van der Waals surface area contributed by atoms with Crippen LogP contribution in [0.1, 0.15) is 20.9 Å². The van der Waals surface area contributed by atoms with E-state index in [0.717, 1.165) is 27.2 Å². The van der Waals surface area contributed by atoms with E-state index in [1.54, 1.807) is 24.4 Å². The average Bonchev–Trinajstić information content (AvgIpc) is 2.80. The number of hydrogen-bond donors (Lipinski definition) is 1. The van der Waals surface area contributed by atoms with Crippen LogP contribution in [-0.4, -0.2) is 21.0 Å². The second-order valence-corrected chi connectivity index (χ2v) is 5.25. The number of pyridine rings is 1. The summed E-state index contributed by atoms with van der Waals surface area (Å²) in [4.78, 5) is 19.5. The molecule has 2 aromatic heterocycles. The molecule has 0 aliphatic rings. The molecule has 0 amide bonds. The molecular weight excluding hydrogens is 260 g/mol. The highest BCUT2D eigenvalue weighted by molar-refractivity contribution is 7.18. The van der Waals surface area contributed by atoms with Crippen LogP contribution in [0.3, 0.4) is 0 Å². The fraction of sp³-hybridized carbons (Fsp3) is 0.0714.